The van der Waals surface area contributed by atoms with E-state index in [1.165, 1.54) is 0 Å². The van der Waals surface area contributed by atoms with Crippen LogP contribution in [-0.4, -0.2) is 20.7 Å². The molecule has 0 saturated heterocycles. The minimum atomic E-state index is -0.0910. The van der Waals surface area contributed by atoms with Crippen molar-refractivity contribution in [2.75, 3.05) is 5.32 Å². The average molecular weight is 342 g/mol. The quantitative estimate of drug-likeness (QED) is 0.862. The maximum Gasteiger partial charge on any atom is 0.230 e. The van der Waals surface area contributed by atoms with Crippen molar-refractivity contribution in [1.29, 1.82) is 0 Å². The third kappa shape index (κ3) is 3.52. The molecule has 0 spiro atoms. The molecule has 0 radical (unpaired) electrons. The van der Waals surface area contributed by atoms with Crippen molar-refractivity contribution in [1.82, 2.24) is 14.8 Å². The van der Waals surface area contributed by atoms with E-state index >= 15 is 0 Å². The molecule has 0 aliphatic rings. The molecular weight excluding hydrogens is 331 g/mol. The normalized spacial score (nSPS) is 10.2. The van der Waals surface area contributed by atoms with E-state index in [-0.39, 0.29) is 5.91 Å². The SMILES string of the molecule is Cn1cc(CC(=O)Nc2ccc(I)cn2)cn1. The lowest BCUT2D eigenvalue weighted by molar-refractivity contribution is -0.115. The Morgan fingerprint density at radius 2 is 2.29 bits per heavy atom. The zero-order valence-electron chi connectivity index (χ0n) is 9.22. The number of hydrogen-bond acceptors (Lipinski definition) is 3. The molecule has 0 aliphatic heterocycles. The highest BCUT2D eigenvalue weighted by Crippen LogP contribution is 2.07. The fourth-order valence-electron chi connectivity index (χ4n) is 1.39. The van der Waals surface area contributed by atoms with Crippen LogP contribution >= 0.6 is 22.6 Å². The highest BCUT2D eigenvalue weighted by Gasteiger charge is 2.06. The molecule has 0 unspecified atom stereocenters. The fourth-order valence-corrected chi connectivity index (χ4v) is 1.70. The molecule has 17 heavy (non-hydrogen) atoms. The van der Waals surface area contributed by atoms with Gasteiger partial charge in [0.1, 0.15) is 5.82 Å². The van der Waals surface area contributed by atoms with E-state index in [2.05, 4.69) is 38.0 Å². The summed E-state index contributed by atoms with van der Waals surface area (Å²) in [7, 11) is 1.82. The number of anilines is 1. The number of carbonyl (C=O) groups excluding carboxylic acids is 1. The highest BCUT2D eigenvalue weighted by molar-refractivity contribution is 14.1. The third-order valence-corrected chi connectivity index (χ3v) is 2.76. The molecule has 2 aromatic heterocycles. The van der Waals surface area contributed by atoms with Crippen molar-refractivity contribution in [3.05, 3.63) is 39.9 Å². The molecule has 2 aromatic rings. The van der Waals surface area contributed by atoms with Crippen molar-refractivity contribution in [3.8, 4) is 0 Å². The van der Waals surface area contributed by atoms with Gasteiger partial charge >= 0.3 is 0 Å². The molecule has 0 bridgehead atoms. The number of rotatable bonds is 3. The van der Waals surface area contributed by atoms with Crippen LogP contribution in [0.25, 0.3) is 0 Å². The summed E-state index contributed by atoms with van der Waals surface area (Å²) < 4.78 is 2.71. The minimum Gasteiger partial charge on any atom is -0.310 e. The van der Waals surface area contributed by atoms with E-state index in [1.54, 1.807) is 23.1 Å². The summed E-state index contributed by atoms with van der Waals surface area (Å²) in [6.45, 7) is 0. The number of pyridine rings is 1. The first-order valence-electron chi connectivity index (χ1n) is 5.02. The molecule has 88 valence electrons. The molecule has 5 nitrogen and oxygen atoms in total. The zero-order valence-corrected chi connectivity index (χ0v) is 11.4. The second-order valence-corrected chi connectivity index (χ2v) is 4.85. The van der Waals surface area contributed by atoms with Gasteiger partial charge in [-0.3, -0.25) is 9.48 Å². The summed E-state index contributed by atoms with van der Waals surface area (Å²) in [6.07, 6.45) is 5.52. The Morgan fingerprint density at radius 3 is 2.88 bits per heavy atom. The lowest BCUT2D eigenvalue weighted by Gasteiger charge is -2.02. The lowest BCUT2D eigenvalue weighted by atomic mass is 10.2. The third-order valence-electron chi connectivity index (χ3n) is 2.12. The van der Waals surface area contributed by atoms with Crippen molar-refractivity contribution < 1.29 is 4.79 Å². The number of halogens is 1. The molecule has 0 atom stereocenters. The van der Waals surface area contributed by atoms with Crippen LogP contribution < -0.4 is 5.32 Å². The van der Waals surface area contributed by atoms with Crippen molar-refractivity contribution in [2.45, 2.75) is 6.42 Å². The van der Waals surface area contributed by atoms with Crippen LogP contribution in [0, 0.1) is 3.57 Å². The second-order valence-electron chi connectivity index (χ2n) is 3.61. The summed E-state index contributed by atoms with van der Waals surface area (Å²) in [5.41, 5.74) is 0.885. The summed E-state index contributed by atoms with van der Waals surface area (Å²) in [6, 6.07) is 3.68. The van der Waals surface area contributed by atoms with Gasteiger partial charge in [-0.25, -0.2) is 4.98 Å². The number of hydrogen-bond donors (Lipinski definition) is 1. The van der Waals surface area contributed by atoms with Gasteiger partial charge in [-0.15, -0.1) is 0 Å². The van der Waals surface area contributed by atoms with Crippen molar-refractivity contribution in [3.63, 3.8) is 0 Å². The van der Waals surface area contributed by atoms with Gasteiger partial charge in [0.25, 0.3) is 0 Å². The number of amides is 1. The van der Waals surface area contributed by atoms with E-state index < -0.39 is 0 Å². The Kier molecular flexibility index (Phi) is 3.72. The maximum absolute atomic E-state index is 11.7. The number of nitrogens with zero attached hydrogens (tertiary/aromatic N) is 3. The maximum atomic E-state index is 11.7. The van der Waals surface area contributed by atoms with Crippen LogP contribution in [0.15, 0.2) is 30.7 Å². The van der Waals surface area contributed by atoms with Gasteiger partial charge in [-0.1, -0.05) is 0 Å². The first kappa shape index (κ1) is 12.0. The lowest BCUT2D eigenvalue weighted by Crippen LogP contribution is -2.14. The van der Waals surface area contributed by atoms with Gasteiger partial charge in [-0.05, 0) is 40.3 Å². The number of nitrogens with one attached hydrogen (secondary N) is 1. The van der Waals surface area contributed by atoms with Crippen LogP contribution in [0.2, 0.25) is 0 Å². The van der Waals surface area contributed by atoms with Crippen LogP contribution in [-0.2, 0) is 18.3 Å². The smallest absolute Gasteiger partial charge is 0.230 e. The van der Waals surface area contributed by atoms with E-state index in [0.29, 0.717) is 12.2 Å². The molecule has 0 aromatic carbocycles. The topological polar surface area (TPSA) is 59.8 Å². The number of aromatic nitrogens is 3. The predicted molar refractivity (Wildman–Crippen MR) is 72.5 cm³/mol. The van der Waals surface area contributed by atoms with Gasteiger partial charge in [0, 0.05) is 23.0 Å². The monoisotopic (exact) mass is 342 g/mol. The number of aryl methyl sites for hydroxylation is 1. The van der Waals surface area contributed by atoms with Crippen LogP contribution in [0.3, 0.4) is 0 Å². The molecule has 1 N–H and O–H groups in total. The van der Waals surface area contributed by atoms with Gasteiger partial charge in [0.15, 0.2) is 0 Å². The average Bonchev–Trinajstić information content (AvgIpc) is 2.67. The molecular formula is C11H11IN4O. The van der Waals surface area contributed by atoms with E-state index in [0.717, 1.165) is 9.13 Å². The Labute approximate surface area is 112 Å². The van der Waals surface area contributed by atoms with E-state index in [9.17, 15) is 4.79 Å². The molecule has 2 rings (SSSR count). The first-order chi connectivity index (χ1) is 8.13. The van der Waals surface area contributed by atoms with Gasteiger partial charge in [0.2, 0.25) is 5.91 Å². The van der Waals surface area contributed by atoms with Gasteiger partial charge in [-0.2, -0.15) is 5.10 Å². The van der Waals surface area contributed by atoms with Crippen LogP contribution in [0.4, 0.5) is 5.82 Å². The molecule has 0 saturated carbocycles. The first-order valence-corrected chi connectivity index (χ1v) is 6.10. The molecule has 0 fully saturated rings. The van der Waals surface area contributed by atoms with E-state index in [1.807, 2.05) is 19.3 Å². The molecule has 1 amide bonds. The summed E-state index contributed by atoms with van der Waals surface area (Å²) in [5.74, 6) is 0.478. The molecule has 2 heterocycles. The summed E-state index contributed by atoms with van der Waals surface area (Å²) in [5, 5.41) is 6.74. The van der Waals surface area contributed by atoms with Gasteiger partial charge in [0.05, 0.1) is 12.6 Å². The number of carbonyl (C=O) groups is 1. The Balaban J connectivity index is 1.95. The summed E-state index contributed by atoms with van der Waals surface area (Å²) in [4.78, 5) is 15.8. The zero-order chi connectivity index (χ0) is 12.3. The van der Waals surface area contributed by atoms with Crippen LogP contribution in [0.1, 0.15) is 5.56 Å². The Hall–Kier alpha value is -1.44. The van der Waals surface area contributed by atoms with Crippen molar-refractivity contribution >= 4 is 34.3 Å². The minimum absolute atomic E-state index is 0.0910. The second kappa shape index (κ2) is 5.26. The van der Waals surface area contributed by atoms with E-state index in [4.69, 9.17) is 0 Å². The molecule has 0 aliphatic carbocycles. The van der Waals surface area contributed by atoms with Crippen LogP contribution in [0.5, 0.6) is 0 Å². The van der Waals surface area contributed by atoms with Gasteiger partial charge < -0.3 is 5.32 Å². The highest BCUT2D eigenvalue weighted by atomic mass is 127. The molecule has 6 heteroatoms. The Bertz CT molecular complexity index is 521. The fraction of sp³-hybridized carbons (Fsp3) is 0.182. The predicted octanol–water partition coefficient (Wildman–Crippen LogP) is 1.60. The summed E-state index contributed by atoms with van der Waals surface area (Å²) >= 11 is 2.17. The Morgan fingerprint density at radius 1 is 1.47 bits per heavy atom. The largest absolute Gasteiger partial charge is 0.310 e. The van der Waals surface area contributed by atoms with Crippen molar-refractivity contribution in [2.24, 2.45) is 7.05 Å². The standard InChI is InChI=1S/C11H11IN4O/c1-16-7-8(5-14-16)4-11(17)15-10-3-2-9(12)6-13-10/h2-3,5-7H,4H2,1H3,(H,13,15,17).